The molecule has 2 aromatic carbocycles. The lowest BCUT2D eigenvalue weighted by atomic mass is 10.1. The van der Waals surface area contributed by atoms with Gasteiger partial charge in [-0.3, -0.25) is 0 Å². The first-order valence-corrected chi connectivity index (χ1v) is 5.72. The van der Waals surface area contributed by atoms with E-state index >= 15 is 0 Å². The van der Waals surface area contributed by atoms with Crippen LogP contribution in [0, 0.1) is 17.7 Å². The standard InChI is InChI=1S/C14H8F2N3O/c15-9-4-1-3-8(7-9)12-10-5-2-6-11(16)13(10)19(18-12)14(17)20/h1,3-7H,(H2,17,20). The first-order chi connectivity index (χ1) is 9.58. The average Bonchev–Trinajstić information content (AvgIpc) is 2.80. The summed E-state index contributed by atoms with van der Waals surface area (Å²) < 4.78 is 27.9. The van der Waals surface area contributed by atoms with Crippen LogP contribution in [0.5, 0.6) is 0 Å². The molecule has 6 heteroatoms. The number of nitrogens with two attached hydrogens (primary N) is 1. The summed E-state index contributed by atoms with van der Waals surface area (Å²) in [5.74, 6) is -1.12. The summed E-state index contributed by atoms with van der Waals surface area (Å²) in [6.07, 6.45) is 0. The third-order valence-electron chi connectivity index (χ3n) is 2.89. The summed E-state index contributed by atoms with van der Waals surface area (Å²) in [6, 6.07) is 9.90. The van der Waals surface area contributed by atoms with Crippen molar-refractivity contribution in [3.05, 3.63) is 54.1 Å². The Morgan fingerprint density at radius 1 is 1.30 bits per heavy atom. The number of primary amides is 1. The van der Waals surface area contributed by atoms with Crippen molar-refractivity contribution in [3.63, 3.8) is 0 Å². The molecule has 0 spiro atoms. The van der Waals surface area contributed by atoms with Gasteiger partial charge < -0.3 is 5.73 Å². The number of hydrogen-bond acceptors (Lipinski definition) is 2. The van der Waals surface area contributed by atoms with Crippen LogP contribution in [0.1, 0.15) is 0 Å². The minimum absolute atomic E-state index is 0.0458. The number of rotatable bonds is 1. The van der Waals surface area contributed by atoms with Gasteiger partial charge in [-0.2, -0.15) is 9.78 Å². The molecule has 0 bridgehead atoms. The van der Waals surface area contributed by atoms with Gasteiger partial charge in [0.1, 0.15) is 22.8 Å². The Hall–Kier alpha value is -2.76. The second-order valence-electron chi connectivity index (χ2n) is 4.17. The van der Waals surface area contributed by atoms with Gasteiger partial charge in [0.15, 0.2) is 0 Å². The number of carbonyl (C=O) groups excluding carboxylic acids is 1. The molecule has 3 aromatic rings. The molecule has 0 aliphatic carbocycles. The minimum atomic E-state index is -0.914. The number of aromatic nitrogens is 2. The number of halogens is 2. The zero-order valence-electron chi connectivity index (χ0n) is 10.1. The van der Waals surface area contributed by atoms with Gasteiger partial charge in [-0.25, -0.2) is 13.6 Å². The monoisotopic (exact) mass is 272 g/mol. The number of nitrogens with zero attached hydrogens (tertiary/aromatic N) is 2. The lowest BCUT2D eigenvalue weighted by Crippen LogP contribution is -2.21. The number of fused-ring (bicyclic) bond motifs is 1. The van der Waals surface area contributed by atoms with E-state index in [-0.39, 0.29) is 11.2 Å². The number of amides is 1. The lowest BCUT2D eigenvalue weighted by Gasteiger charge is -1.97. The Bertz CT molecular complexity index is 826. The van der Waals surface area contributed by atoms with Crippen LogP contribution >= 0.6 is 0 Å². The molecule has 0 saturated carbocycles. The van der Waals surface area contributed by atoms with Crippen molar-refractivity contribution in [1.29, 1.82) is 0 Å². The van der Waals surface area contributed by atoms with Crippen molar-refractivity contribution in [2.24, 2.45) is 5.73 Å². The van der Waals surface area contributed by atoms with E-state index in [1.165, 1.54) is 24.3 Å². The van der Waals surface area contributed by atoms with E-state index in [1.807, 2.05) is 0 Å². The van der Waals surface area contributed by atoms with Crippen LogP contribution in [-0.4, -0.2) is 15.8 Å². The van der Waals surface area contributed by atoms with Crippen LogP contribution in [0.3, 0.4) is 0 Å². The van der Waals surface area contributed by atoms with Crippen LogP contribution in [-0.2, 0) is 0 Å². The quantitative estimate of drug-likeness (QED) is 0.740. The first kappa shape index (κ1) is 12.3. The Kier molecular flexibility index (Phi) is 2.71. The van der Waals surface area contributed by atoms with Crippen molar-refractivity contribution < 1.29 is 13.6 Å². The SMILES string of the molecule is NC(=O)n1nc(-c2cccc(F)c2)c2c[c]cc(F)c21. The van der Waals surface area contributed by atoms with Gasteiger partial charge in [0, 0.05) is 10.9 Å². The van der Waals surface area contributed by atoms with Gasteiger partial charge in [0.05, 0.1) is 0 Å². The molecule has 0 atom stereocenters. The van der Waals surface area contributed by atoms with Crippen LogP contribution in [0.2, 0.25) is 0 Å². The largest absolute Gasteiger partial charge is 0.350 e. The molecule has 0 saturated heterocycles. The molecule has 0 aliphatic heterocycles. The number of carbonyl (C=O) groups is 1. The van der Waals surface area contributed by atoms with Crippen LogP contribution < -0.4 is 5.73 Å². The molecular weight excluding hydrogens is 264 g/mol. The number of hydrogen-bond donors (Lipinski definition) is 1. The zero-order valence-corrected chi connectivity index (χ0v) is 10.1. The number of benzene rings is 2. The fourth-order valence-corrected chi connectivity index (χ4v) is 2.07. The van der Waals surface area contributed by atoms with Gasteiger partial charge in [0.25, 0.3) is 0 Å². The zero-order chi connectivity index (χ0) is 14.3. The van der Waals surface area contributed by atoms with E-state index in [0.717, 1.165) is 10.7 Å². The summed E-state index contributed by atoms with van der Waals surface area (Å²) in [5.41, 5.74) is 5.83. The van der Waals surface area contributed by atoms with Crippen molar-refractivity contribution in [3.8, 4) is 11.3 Å². The smallest absolute Gasteiger partial charge is 0.340 e. The van der Waals surface area contributed by atoms with Gasteiger partial charge in [0.2, 0.25) is 0 Å². The molecule has 20 heavy (non-hydrogen) atoms. The van der Waals surface area contributed by atoms with Crippen LogP contribution in [0.15, 0.2) is 36.4 Å². The second kappa shape index (κ2) is 4.41. The fourth-order valence-electron chi connectivity index (χ4n) is 2.07. The van der Waals surface area contributed by atoms with Crippen LogP contribution in [0.4, 0.5) is 13.6 Å². The summed E-state index contributed by atoms with van der Waals surface area (Å²) >= 11 is 0. The summed E-state index contributed by atoms with van der Waals surface area (Å²) in [5, 5.41) is 4.32. The normalized spacial score (nSPS) is 10.9. The molecule has 0 unspecified atom stereocenters. The first-order valence-electron chi connectivity index (χ1n) is 5.72. The molecule has 2 N–H and O–H groups in total. The minimum Gasteiger partial charge on any atom is -0.350 e. The van der Waals surface area contributed by atoms with E-state index in [0.29, 0.717) is 10.9 Å². The molecule has 1 radical (unpaired) electrons. The van der Waals surface area contributed by atoms with Crippen LogP contribution in [0.25, 0.3) is 22.2 Å². The molecule has 1 heterocycles. The molecule has 1 amide bonds. The van der Waals surface area contributed by atoms with E-state index in [1.54, 1.807) is 6.07 Å². The Labute approximate surface area is 112 Å². The Balaban J connectivity index is 2.38. The predicted octanol–water partition coefficient (Wildman–Crippen LogP) is 2.71. The molecule has 0 aliphatic rings. The summed E-state index contributed by atoms with van der Waals surface area (Å²) in [6.45, 7) is 0. The van der Waals surface area contributed by atoms with Gasteiger partial charge in [-0.15, -0.1) is 0 Å². The lowest BCUT2D eigenvalue weighted by molar-refractivity contribution is 0.248. The maximum absolute atomic E-state index is 13.8. The van der Waals surface area contributed by atoms with E-state index in [2.05, 4.69) is 11.2 Å². The second-order valence-corrected chi connectivity index (χ2v) is 4.17. The van der Waals surface area contributed by atoms with Gasteiger partial charge in [-0.05, 0) is 30.3 Å². The molecular formula is C14H8F2N3O. The predicted molar refractivity (Wildman–Crippen MR) is 68.9 cm³/mol. The highest BCUT2D eigenvalue weighted by Crippen LogP contribution is 2.29. The van der Waals surface area contributed by atoms with E-state index in [9.17, 15) is 13.6 Å². The average molecular weight is 272 g/mol. The molecule has 3 rings (SSSR count). The molecule has 0 fully saturated rings. The summed E-state index contributed by atoms with van der Waals surface area (Å²) in [7, 11) is 0. The Morgan fingerprint density at radius 2 is 2.10 bits per heavy atom. The highest BCUT2D eigenvalue weighted by atomic mass is 19.1. The van der Waals surface area contributed by atoms with Gasteiger partial charge >= 0.3 is 6.03 Å². The fraction of sp³-hybridized carbons (Fsp3) is 0. The maximum Gasteiger partial charge on any atom is 0.340 e. The summed E-state index contributed by atoms with van der Waals surface area (Å²) in [4.78, 5) is 11.4. The van der Waals surface area contributed by atoms with Crippen molar-refractivity contribution >= 4 is 16.9 Å². The highest BCUT2D eigenvalue weighted by Gasteiger charge is 2.18. The van der Waals surface area contributed by atoms with Crippen molar-refractivity contribution in [2.75, 3.05) is 0 Å². The third-order valence-corrected chi connectivity index (χ3v) is 2.89. The topological polar surface area (TPSA) is 60.9 Å². The van der Waals surface area contributed by atoms with E-state index in [4.69, 9.17) is 5.73 Å². The van der Waals surface area contributed by atoms with Crippen molar-refractivity contribution in [1.82, 2.24) is 9.78 Å². The Morgan fingerprint density at radius 3 is 2.80 bits per heavy atom. The van der Waals surface area contributed by atoms with Gasteiger partial charge in [-0.1, -0.05) is 12.1 Å². The maximum atomic E-state index is 13.8. The highest BCUT2D eigenvalue weighted by molar-refractivity contribution is 5.98. The third kappa shape index (κ3) is 1.82. The van der Waals surface area contributed by atoms with E-state index < -0.39 is 17.7 Å². The molecule has 4 nitrogen and oxygen atoms in total. The molecule has 1 aromatic heterocycles. The molecule has 99 valence electrons. The van der Waals surface area contributed by atoms with Crippen molar-refractivity contribution in [2.45, 2.75) is 0 Å².